The Balaban J connectivity index is 0.000000381. The molecule has 8 nitrogen and oxygen atoms in total. The van der Waals surface area contributed by atoms with E-state index in [9.17, 15) is 19.5 Å². The van der Waals surface area contributed by atoms with Crippen LogP contribution in [-0.4, -0.2) is 66.2 Å². The molecule has 0 radical (unpaired) electrons. The number of nitrogens with one attached hydrogen (secondary N) is 1. The maximum Gasteiger partial charge on any atom is 0.302 e. The number of hydrogen-bond acceptors (Lipinski definition) is 7. The van der Waals surface area contributed by atoms with Crippen LogP contribution < -0.4 is 15.7 Å². The lowest BCUT2D eigenvalue weighted by Crippen LogP contribution is -3.11. The molecule has 1 fully saturated rings. The Hall–Kier alpha value is -1.58. The van der Waals surface area contributed by atoms with Crippen molar-refractivity contribution in [1.82, 2.24) is 4.90 Å². The van der Waals surface area contributed by atoms with Crippen molar-refractivity contribution in [1.29, 1.82) is 0 Å². The fraction of sp³-hybridized carbons (Fsp3) is 0.688. The first-order valence-electron chi connectivity index (χ1n) is 8.38. The van der Waals surface area contributed by atoms with Crippen LogP contribution in [0, 0.1) is 0 Å². The normalized spacial score (nSPS) is 22.0. The highest BCUT2D eigenvalue weighted by molar-refractivity contribution is 8.00. The molecule has 9 heteroatoms. The third-order valence-electron chi connectivity index (χ3n) is 4.23. The van der Waals surface area contributed by atoms with Gasteiger partial charge in [0.1, 0.15) is 18.0 Å². The molecule has 0 aliphatic carbocycles. The number of carbonyl (C=O) groups is 3. The monoisotopic (exact) mass is 373 g/mol. The maximum atomic E-state index is 11.5. The van der Waals surface area contributed by atoms with E-state index in [1.807, 2.05) is 0 Å². The van der Waals surface area contributed by atoms with Gasteiger partial charge in [0.2, 0.25) is 5.91 Å². The molecule has 0 aromatic heterocycles. The van der Waals surface area contributed by atoms with Gasteiger partial charge >= 0.3 is 5.97 Å². The standard InChI is InChI=1S/C10H12N2O5S.C6H15N/c1-4(13)17-2-5-3-18-9-6(11)8(14)12(9)7(5)10(15)16;1-4-7(5-2)6-3/h6,9H,2-3,11H2,1H3,(H,15,16);4-6H2,1-3H3. The van der Waals surface area contributed by atoms with E-state index in [2.05, 4.69) is 20.8 Å². The number of fused-ring (bicyclic) bond motifs is 1. The first-order chi connectivity index (χ1) is 11.8. The van der Waals surface area contributed by atoms with Gasteiger partial charge in [-0.3, -0.25) is 14.5 Å². The second kappa shape index (κ2) is 9.79. The highest BCUT2D eigenvalue weighted by atomic mass is 32.2. The van der Waals surface area contributed by atoms with Crippen LogP contribution in [0.4, 0.5) is 0 Å². The summed E-state index contributed by atoms with van der Waals surface area (Å²) in [5.74, 6) is -2.08. The van der Waals surface area contributed by atoms with Gasteiger partial charge in [0.05, 0.1) is 31.3 Å². The van der Waals surface area contributed by atoms with Gasteiger partial charge < -0.3 is 25.3 Å². The topological polar surface area (TPSA) is 117 Å². The van der Waals surface area contributed by atoms with E-state index in [1.54, 1.807) is 4.90 Å². The SMILES string of the molecule is CC(=O)OCC1=C(C(=O)[O-])N2C(=O)C(N)C2SC1.CC[NH+](CC)CC. The second-order valence-electron chi connectivity index (χ2n) is 5.77. The molecule has 2 rings (SSSR count). The van der Waals surface area contributed by atoms with Crippen LogP contribution in [0.15, 0.2) is 11.3 Å². The number of thioether (sulfide) groups is 1. The molecule has 1 amide bonds. The van der Waals surface area contributed by atoms with Crippen LogP contribution >= 0.6 is 11.8 Å². The van der Waals surface area contributed by atoms with Crippen molar-refractivity contribution in [3.8, 4) is 0 Å². The van der Waals surface area contributed by atoms with Crippen LogP contribution in [0.5, 0.6) is 0 Å². The number of carboxylic acid groups (broad SMARTS) is 1. The minimum atomic E-state index is -1.46. The molecule has 0 aromatic carbocycles. The Kier molecular flexibility index (Phi) is 8.40. The lowest BCUT2D eigenvalue weighted by atomic mass is 10.0. The number of nitrogens with two attached hydrogens (primary N) is 1. The zero-order valence-corrected chi connectivity index (χ0v) is 16.0. The van der Waals surface area contributed by atoms with Crippen molar-refractivity contribution in [2.24, 2.45) is 5.73 Å². The Bertz CT molecular complexity index is 542. The van der Waals surface area contributed by atoms with Gasteiger partial charge in [0.15, 0.2) is 0 Å². The lowest BCUT2D eigenvalue weighted by molar-refractivity contribution is -0.894. The Morgan fingerprint density at radius 3 is 2.28 bits per heavy atom. The summed E-state index contributed by atoms with van der Waals surface area (Å²) in [4.78, 5) is 36.2. The number of ether oxygens (including phenoxy) is 1. The number of carboxylic acids is 1. The van der Waals surface area contributed by atoms with E-state index < -0.39 is 23.9 Å². The fourth-order valence-corrected chi connectivity index (χ4v) is 3.89. The molecular formula is C16H27N3O5S. The number of carbonyl (C=O) groups excluding carboxylic acids is 3. The molecule has 0 saturated carbocycles. The minimum absolute atomic E-state index is 0.155. The van der Waals surface area contributed by atoms with E-state index in [0.717, 1.165) is 4.90 Å². The highest BCUT2D eigenvalue weighted by Crippen LogP contribution is 2.39. The molecule has 2 aliphatic rings. The van der Waals surface area contributed by atoms with E-state index in [0.29, 0.717) is 11.3 Å². The van der Waals surface area contributed by atoms with Crippen molar-refractivity contribution in [3.05, 3.63) is 11.3 Å². The molecule has 3 N–H and O–H groups in total. The second-order valence-corrected chi connectivity index (χ2v) is 6.87. The van der Waals surface area contributed by atoms with E-state index in [1.165, 1.54) is 38.3 Å². The molecular weight excluding hydrogens is 346 g/mol. The lowest BCUT2D eigenvalue weighted by Gasteiger charge is -2.49. The first kappa shape index (κ1) is 21.5. The van der Waals surface area contributed by atoms with Crippen LogP contribution in [0.2, 0.25) is 0 Å². The Morgan fingerprint density at radius 2 is 1.88 bits per heavy atom. The van der Waals surface area contributed by atoms with E-state index in [-0.39, 0.29) is 17.7 Å². The highest BCUT2D eigenvalue weighted by Gasteiger charge is 2.50. The number of β-lactam (4-membered cyclic amide) rings is 1. The van der Waals surface area contributed by atoms with E-state index in [4.69, 9.17) is 10.5 Å². The molecule has 25 heavy (non-hydrogen) atoms. The molecule has 1 saturated heterocycles. The third kappa shape index (κ3) is 5.20. The van der Waals surface area contributed by atoms with Crippen LogP contribution in [0.3, 0.4) is 0 Å². The number of hydrogen-bond donors (Lipinski definition) is 2. The van der Waals surface area contributed by atoms with Gasteiger partial charge in [-0.2, -0.15) is 0 Å². The maximum absolute atomic E-state index is 11.5. The zero-order valence-electron chi connectivity index (χ0n) is 15.2. The molecule has 0 bridgehead atoms. The Morgan fingerprint density at radius 1 is 1.32 bits per heavy atom. The largest absolute Gasteiger partial charge is 0.543 e. The fourth-order valence-electron chi connectivity index (χ4n) is 2.62. The summed E-state index contributed by atoms with van der Waals surface area (Å²) < 4.78 is 4.76. The molecule has 2 heterocycles. The average Bonchev–Trinajstić information content (AvgIpc) is 2.60. The summed E-state index contributed by atoms with van der Waals surface area (Å²) in [6, 6.07) is -0.681. The summed E-state index contributed by atoms with van der Waals surface area (Å²) in [5, 5.41) is 10.7. The van der Waals surface area contributed by atoms with Gasteiger partial charge in [-0.15, -0.1) is 11.8 Å². The molecule has 0 aromatic rings. The van der Waals surface area contributed by atoms with Gasteiger partial charge in [-0.25, -0.2) is 0 Å². The summed E-state index contributed by atoms with van der Waals surface area (Å²) in [6.07, 6.45) is 0. The molecule has 2 aliphatic heterocycles. The number of esters is 1. The first-order valence-corrected chi connectivity index (χ1v) is 9.43. The summed E-state index contributed by atoms with van der Waals surface area (Å²) in [6.45, 7) is 11.6. The van der Waals surface area contributed by atoms with Crippen molar-refractivity contribution in [2.75, 3.05) is 32.0 Å². The van der Waals surface area contributed by atoms with Gasteiger partial charge in [0.25, 0.3) is 0 Å². The van der Waals surface area contributed by atoms with Crippen molar-refractivity contribution >= 4 is 29.6 Å². The molecule has 0 spiro atoms. The summed E-state index contributed by atoms with van der Waals surface area (Å²) >= 11 is 1.35. The quantitative estimate of drug-likeness (QED) is 0.398. The van der Waals surface area contributed by atoms with Crippen LogP contribution in [0.25, 0.3) is 0 Å². The van der Waals surface area contributed by atoms with Crippen molar-refractivity contribution in [3.63, 3.8) is 0 Å². The molecule has 142 valence electrons. The number of rotatable bonds is 6. The number of quaternary nitrogens is 1. The van der Waals surface area contributed by atoms with E-state index >= 15 is 0 Å². The van der Waals surface area contributed by atoms with Gasteiger partial charge in [0, 0.05) is 18.2 Å². The summed E-state index contributed by atoms with van der Waals surface area (Å²) in [5.41, 5.74) is 5.71. The average molecular weight is 373 g/mol. The molecule has 2 unspecified atom stereocenters. The third-order valence-corrected chi connectivity index (χ3v) is 5.59. The van der Waals surface area contributed by atoms with Crippen LogP contribution in [-0.2, 0) is 19.1 Å². The van der Waals surface area contributed by atoms with Crippen molar-refractivity contribution < 1.29 is 29.1 Å². The number of amides is 1. The summed E-state index contributed by atoms with van der Waals surface area (Å²) in [7, 11) is 0. The zero-order chi connectivity index (χ0) is 19.1. The van der Waals surface area contributed by atoms with Crippen LogP contribution in [0.1, 0.15) is 27.7 Å². The van der Waals surface area contributed by atoms with Gasteiger partial charge in [-0.05, 0) is 20.8 Å². The minimum Gasteiger partial charge on any atom is -0.543 e. The van der Waals surface area contributed by atoms with Gasteiger partial charge in [-0.1, -0.05) is 0 Å². The smallest absolute Gasteiger partial charge is 0.302 e. The number of aliphatic carboxylic acids is 1. The molecule has 2 atom stereocenters. The Labute approximate surface area is 152 Å². The predicted octanol–water partition coefficient (Wildman–Crippen LogP) is -2.27. The predicted molar refractivity (Wildman–Crippen MR) is 92.3 cm³/mol. The number of nitrogens with zero attached hydrogens (tertiary/aromatic N) is 1. The van der Waals surface area contributed by atoms with Crippen molar-refractivity contribution in [2.45, 2.75) is 39.1 Å².